The Balaban J connectivity index is 1.84. The van der Waals surface area contributed by atoms with Crippen LogP contribution in [0, 0.1) is 6.92 Å². The van der Waals surface area contributed by atoms with Crippen LogP contribution in [0.1, 0.15) is 18.1 Å². The van der Waals surface area contributed by atoms with E-state index in [0.717, 1.165) is 45.9 Å². The van der Waals surface area contributed by atoms with Crippen LogP contribution in [0.3, 0.4) is 0 Å². The van der Waals surface area contributed by atoms with E-state index in [2.05, 4.69) is 28.6 Å². The summed E-state index contributed by atoms with van der Waals surface area (Å²) in [5.41, 5.74) is 3.33. The number of methoxy groups -OCH3 is 2. The molecule has 3 aromatic rings. The van der Waals surface area contributed by atoms with Crippen molar-refractivity contribution in [1.82, 2.24) is 14.8 Å². The number of ether oxygens (including phenoxy) is 2. The third kappa shape index (κ3) is 4.22. The summed E-state index contributed by atoms with van der Waals surface area (Å²) in [7, 11) is 3.30. The molecule has 27 heavy (non-hydrogen) atoms. The zero-order chi connectivity index (χ0) is 19.4. The molecular weight excluding hydrogens is 382 g/mol. The van der Waals surface area contributed by atoms with Crippen LogP contribution in [0.5, 0.6) is 11.5 Å². The molecule has 3 rings (SSSR count). The van der Waals surface area contributed by atoms with E-state index in [1.807, 2.05) is 36.4 Å². The van der Waals surface area contributed by atoms with Crippen LogP contribution in [-0.2, 0) is 12.3 Å². The van der Waals surface area contributed by atoms with Gasteiger partial charge in [0.1, 0.15) is 0 Å². The van der Waals surface area contributed by atoms with E-state index in [-0.39, 0.29) is 0 Å². The van der Waals surface area contributed by atoms with Crippen molar-refractivity contribution in [3.8, 4) is 22.9 Å². The molecule has 0 unspecified atom stereocenters. The third-order valence-electron chi connectivity index (χ3n) is 4.33. The van der Waals surface area contributed by atoms with E-state index in [1.165, 1.54) is 5.56 Å². The maximum absolute atomic E-state index is 5.99. The number of rotatable bonds is 7. The monoisotopic (exact) mass is 403 g/mol. The van der Waals surface area contributed by atoms with Gasteiger partial charge in [-0.3, -0.25) is 0 Å². The summed E-state index contributed by atoms with van der Waals surface area (Å²) in [5, 5.41) is 10.4. The molecular formula is C20H22ClN3O2S. The molecule has 0 radical (unpaired) electrons. The number of hydrogen-bond acceptors (Lipinski definition) is 5. The molecule has 0 atom stereocenters. The highest BCUT2D eigenvalue weighted by atomic mass is 35.5. The Morgan fingerprint density at radius 3 is 2.33 bits per heavy atom. The van der Waals surface area contributed by atoms with Crippen LogP contribution < -0.4 is 9.47 Å². The van der Waals surface area contributed by atoms with Gasteiger partial charge in [0.05, 0.1) is 14.2 Å². The smallest absolute Gasteiger partial charge is 0.191 e. The van der Waals surface area contributed by atoms with Gasteiger partial charge in [0.15, 0.2) is 22.5 Å². The molecule has 0 saturated heterocycles. The van der Waals surface area contributed by atoms with Crippen molar-refractivity contribution in [2.75, 3.05) is 14.2 Å². The number of nitrogens with zero attached hydrogens (tertiary/aromatic N) is 3. The van der Waals surface area contributed by atoms with Crippen molar-refractivity contribution in [3.05, 3.63) is 52.5 Å². The highest BCUT2D eigenvalue weighted by Crippen LogP contribution is 2.34. The average Bonchev–Trinajstić information content (AvgIpc) is 3.10. The third-order valence-corrected chi connectivity index (χ3v) is 5.60. The molecule has 142 valence electrons. The summed E-state index contributed by atoms with van der Waals surface area (Å²) in [6.45, 7) is 4.95. The minimum absolute atomic E-state index is 0.708. The quantitative estimate of drug-likeness (QED) is 0.505. The van der Waals surface area contributed by atoms with E-state index in [0.29, 0.717) is 5.02 Å². The Morgan fingerprint density at radius 1 is 1.04 bits per heavy atom. The van der Waals surface area contributed by atoms with Gasteiger partial charge >= 0.3 is 0 Å². The zero-order valence-electron chi connectivity index (χ0n) is 15.8. The van der Waals surface area contributed by atoms with Crippen LogP contribution >= 0.6 is 23.4 Å². The number of halogens is 1. The van der Waals surface area contributed by atoms with Crippen LogP contribution in [0.15, 0.2) is 41.6 Å². The summed E-state index contributed by atoms with van der Waals surface area (Å²) in [6, 6.07) is 11.7. The van der Waals surface area contributed by atoms with E-state index in [4.69, 9.17) is 21.1 Å². The second-order valence-corrected chi connectivity index (χ2v) is 7.36. The van der Waals surface area contributed by atoms with Gasteiger partial charge in [-0.1, -0.05) is 23.4 Å². The Hall–Kier alpha value is -2.18. The molecule has 5 nitrogen and oxygen atoms in total. The molecule has 1 aromatic heterocycles. The number of aromatic nitrogens is 3. The minimum Gasteiger partial charge on any atom is -0.493 e. The highest BCUT2D eigenvalue weighted by Gasteiger charge is 2.15. The summed E-state index contributed by atoms with van der Waals surface area (Å²) >= 11 is 7.65. The first-order valence-corrected chi connectivity index (χ1v) is 9.97. The molecule has 0 saturated carbocycles. The van der Waals surface area contributed by atoms with Gasteiger partial charge < -0.3 is 14.0 Å². The van der Waals surface area contributed by atoms with E-state index in [9.17, 15) is 0 Å². The maximum atomic E-state index is 5.99. The van der Waals surface area contributed by atoms with Crippen molar-refractivity contribution < 1.29 is 9.47 Å². The van der Waals surface area contributed by atoms with Crippen molar-refractivity contribution in [2.45, 2.75) is 31.3 Å². The van der Waals surface area contributed by atoms with Crippen LogP contribution in [-0.4, -0.2) is 29.0 Å². The number of aryl methyl sites for hydroxylation is 1. The fourth-order valence-electron chi connectivity index (χ4n) is 2.81. The number of benzene rings is 2. The van der Waals surface area contributed by atoms with Crippen LogP contribution in [0.2, 0.25) is 5.02 Å². The average molecular weight is 404 g/mol. The van der Waals surface area contributed by atoms with Crippen molar-refractivity contribution in [2.24, 2.45) is 0 Å². The normalized spacial score (nSPS) is 10.9. The van der Waals surface area contributed by atoms with Gasteiger partial charge in [-0.15, -0.1) is 10.2 Å². The topological polar surface area (TPSA) is 49.2 Å². The molecule has 2 aromatic carbocycles. The fourth-order valence-corrected chi connectivity index (χ4v) is 4.01. The first-order valence-electron chi connectivity index (χ1n) is 8.60. The SMILES string of the molecule is CCn1c(SCc2cc(OC)c(OC)cc2C)nnc1-c1ccc(Cl)cc1. The predicted molar refractivity (Wildman–Crippen MR) is 110 cm³/mol. The summed E-state index contributed by atoms with van der Waals surface area (Å²) in [6.07, 6.45) is 0. The van der Waals surface area contributed by atoms with Crippen molar-refractivity contribution in [3.63, 3.8) is 0 Å². The molecule has 0 fully saturated rings. The number of hydrogen-bond donors (Lipinski definition) is 0. The van der Waals surface area contributed by atoms with Gasteiger partial charge in [-0.2, -0.15) is 0 Å². The lowest BCUT2D eigenvalue weighted by molar-refractivity contribution is 0.354. The minimum atomic E-state index is 0.708. The Morgan fingerprint density at radius 2 is 1.70 bits per heavy atom. The molecule has 0 amide bonds. The molecule has 0 N–H and O–H groups in total. The lowest BCUT2D eigenvalue weighted by Gasteiger charge is -2.13. The van der Waals surface area contributed by atoms with Crippen molar-refractivity contribution >= 4 is 23.4 Å². The van der Waals surface area contributed by atoms with Gasteiger partial charge in [0, 0.05) is 22.9 Å². The molecule has 0 spiro atoms. The summed E-state index contributed by atoms with van der Waals surface area (Å²) < 4.78 is 12.9. The zero-order valence-corrected chi connectivity index (χ0v) is 17.4. The van der Waals surface area contributed by atoms with Gasteiger partial charge in [0.25, 0.3) is 0 Å². The Bertz CT molecular complexity index is 926. The molecule has 0 aliphatic carbocycles. The molecule has 7 heteroatoms. The fraction of sp³-hybridized carbons (Fsp3) is 0.300. The van der Waals surface area contributed by atoms with E-state index < -0.39 is 0 Å². The highest BCUT2D eigenvalue weighted by molar-refractivity contribution is 7.98. The summed E-state index contributed by atoms with van der Waals surface area (Å²) in [4.78, 5) is 0. The number of thioether (sulfide) groups is 1. The standard InChI is InChI=1S/C20H22ClN3O2S/c1-5-24-19(14-6-8-16(21)9-7-14)22-23-20(24)27-12-15-11-18(26-4)17(25-3)10-13(15)2/h6-11H,5,12H2,1-4H3. The Kier molecular flexibility index (Phi) is 6.29. The van der Waals surface area contributed by atoms with Gasteiger partial charge in [-0.25, -0.2) is 0 Å². The molecule has 0 aliphatic heterocycles. The Labute approximate surface area is 168 Å². The first kappa shape index (κ1) is 19.6. The molecule has 0 bridgehead atoms. The molecule has 1 heterocycles. The lowest BCUT2D eigenvalue weighted by atomic mass is 10.1. The maximum Gasteiger partial charge on any atom is 0.191 e. The van der Waals surface area contributed by atoms with E-state index in [1.54, 1.807) is 26.0 Å². The second-order valence-electron chi connectivity index (χ2n) is 5.98. The second kappa shape index (κ2) is 8.67. The van der Waals surface area contributed by atoms with Crippen LogP contribution in [0.4, 0.5) is 0 Å². The summed E-state index contributed by atoms with van der Waals surface area (Å²) in [5.74, 6) is 3.09. The lowest BCUT2D eigenvalue weighted by Crippen LogP contribution is -2.00. The predicted octanol–water partition coefficient (Wildman–Crippen LogP) is 5.24. The van der Waals surface area contributed by atoms with E-state index >= 15 is 0 Å². The van der Waals surface area contributed by atoms with Crippen molar-refractivity contribution in [1.29, 1.82) is 0 Å². The molecule has 0 aliphatic rings. The van der Waals surface area contributed by atoms with Crippen LogP contribution in [0.25, 0.3) is 11.4 Å². The largest absolute Gasteiger partial charge is 0.493 e. The van der Waals surface area contributed by atoms with Gasteiger partial charge in [0.2, 0.25) is 0 Å². The van der Waals surface area contributed by atoms with Gasteiger partial charge in [-0.05, 0) is 61.4 Å². The first-order chi connectivity index (χ1) is 13.1.